The quantitative estimate of drug-likeness (QED) is 0.688. The maximum Gasteiger partial charge on any atom is 0.225 e. The molecule has 1 aromatic rings. The SMILES string of the molecule is CCCOc1ccnc(NCCCCSC)n1. The molecule has 5 heteroatoms. The second kappa shape index (κ2) is 9.10. The van der Waals surface area contributed by atoms with Gasteiger partial charge in [-0.2, -0.15) is 16.7 Å². The van der Waals surface area contributed by atoms with Gasteiger partial charge in [0.2, 0.25) is 11.8 Å². The highest BCUT2D eigenvalue weighted by Gasteiger charge is 1.98. The van der Waals surface area contributed by atoms with Crippen molar-refractivity contribution in [2.75, 3.05) is 30.5 Å². The van der Waals surface area contributed by atoms with Crippen molar-refractivity contribution >= 4 is 17.7 Å². The largest absolute Gasteiger partial charge is 0.478 e. The molecule has 0 fully saturated rings. The first-order chi connectivity index (χ1) is 8.36. The average Bonchev–Trinajstić information content (AvgIpc) is 2.37. The minimum atomic E-state index is 0.647. The van der Waals surface area contributed by atoms with Gasteiger partial charge in [-0.15, -0.1) is 0 Å². The van der Waals surface area contributed by atoms with Crippen LogP contribution in [0.2, 0.25) is 0 Å². The van der Waals surface area contributed by atoms with Crippen LogP contribution in [0.15, 0.2) is 12.3 Å². The number of anilines is 1. The third-order valence-corrected chi connectivity index (χ3v) is 2.84. The van der Waals surface area contributed by atoms with Gasteiger partial charge in [0, 0.05) is 18.8 Å². The number of unbranched alkanes of at least 4 members (excludes halogenated alkanes) is 1. The van der Waals surface area contributed by atoms with E-state index in [2.05, 4.69) is 28.5 Å². The molecule has 0 aliphatic heterocycles. The molecule has 17 heavy (non-hydrogen) atoms. The van der Waals surface area contributed by atoms with Gasteiger partial charge in [0.1, 0.15) is 0 Å². The molecule has 0 spiro atoms. The van der Waals surface area contributed by atoms with E-state index in [-0.39, 0.29) is 0 Å². The Bertz CT molecular complexity index is 310. The Hall–Kier alpha value is -0.970. The molecule has 96 valence electrons. The van der Waals surface area contributed by atoms with E-state index in [0.29, 0.717) is 18.4 Å². The molecule has 0 amide bonds. The van der Waals surface area contributed by atoms with Crippen molar-refractivity contribution in [3.63, 3.8) is 0 Å². The summed E-state index contributed by atoms with van der Waals surface area (Å²) in [5.41, 5.74) is 0. The summed E-state index contributed by atoms with van der Waals surface area (Å²) < 4.78 is 5.45. The van der Waals surface area contributed by atoms with Crippen LogP contribution in [0.1, 0.15) is 26.2 Å². The second-order valence-electron chi connectivity index (χ2n) is 3.69. The lowest BCUT2D eigenvalue weighted by molar-refractivity contribution is 0.305. The lowest BCUT2D eigenvalue weighted by atomic mass is 10.3. The molecule has 1 heterocycles. The maximum absolute atomic E-state index is 5.45. The third kappa shape index (κ3) is 6.36. The number of ether oxygens (including phenoxy) is 1. The summed E-state index contributed by atoms with van der Waals surface area (Å²) in [6.07, 6.45) is 7.21. The zero-order chi connectivity index (χ0) is 12.3. The molecule has 1 N–H and O–H groups in total. The van der Waals surface area contributed by atoms with Gasteiger partial charge < -0.3 is 10.1 Å². The zero-order valence-electron chi connectivity index (χ0n) is 10.6. The molecule has 0 aliphatic rings. The van der Waals surface area contributed by atoms with Gasteiger partial charge in [0.15, 0.2) is 0 Å². The Morgan fingerprint density at radius 1 is 1.41 bits per heavy atom. The molecule has 0 bridgehead atoms. The number of aromatic nitrogens is 2. The fourth-order valence-corrected chi connectivity index (χ4v) is 1.78. The lowest BCUT2D eigenvalue weighted by Crippen LogP contribution is -2.07. The van der Waals surface area contributed by atoms with Crippen LogP contribution in [0.4, 0.5) is 5.95 Å². The summed E-state index contributed by atoms with van der Waals surface area (Å²) in [6.45, 7) is 3.69. The van der Waals surface area contributed by atoms with E-state index in [9.17, 15) is 0 Å². The molecule has 0 saturated carbocycles. The van der Waals surface area contributed by atoms with Gasteiger partial charge in [-0.3, -0.25) is 0 Å². The van der Waals surface area contributed by atoms with Crippen molar-refractivity contribution in [2.45, 2.75) is 26.2 Å². The molecule has 0 aliphatic carbocycles. The number of hydrogen-bond donors (Lipinski definition) is 1. The molecule has 0 radical (unpaired) electrons. The van der Waals surface area contributed by atoms with E-state index in [1.807, 2.05) is 11.8 Å². The van der Waals surface area contributed by atoms with Gasteiger partial charge in [0.25, 0.3) is 0 Å². The molecule has 0 aromatic carbocycles. The van der Waals surface area contributed by atoms with Gasteiger partial charge in [0.05, 0.1) is 6.61 Å². The van der Waals surface area contributed by atoms with Gasteiger partial charge >= 0.3 is 0 Å². The van der Waals surface area contributed by atoms with Crippen LogP contribution in [0.3, 0.4) is 0 Å². The number of nitrogens with one attached hydrogen (secondary N) is 1. The van der Waals surface area contributed by atoms with Crippen LogP contribution in [0.5, 0.6) is 5.88 Å². The highest BCUT2D eigenvalue weighted by molar-refractivity contribution is 7.98. The fourth-order valence-electron chi connectivity index (χ4n) is 1.29. The second-order valence-corrected chi connectivity index (χ2v) is 4.68. The Labute approximate surface area is 108 Å². The highest BCUT2D eigenvalue weighted by atomic mass is 32.2. The normalized spacial score (nSPS) is 10.2. The highest BCUT2D eigenvalue weighted by Crippen LogP contribution is 2.08. The number of thioether (sulfide) groups is 1. The van der Waals surface area contributed by atoms with E-state index in [4.69, 9.17) is 4.74 Å². The summed E-state index contributed by atoms with van der Waals surface area (Å²) in [4.78, 5) is 8.44. The Morgan fingerprint density at radius 3 is 3.06 bits per heavy atom. The number of hydrogen-bond acceptors (Lipinski definition) is 5. The Kier molecular flexibility index (Phi) is 7.54. The maximum atomic E-state index is 5.45. The van der Waals surface area contributed by atoms with Crippen LogP contribution in [0, 0.1) is 0 Å². The van der Waals surface area contributed by atoms with Crippen LogP contribution in [0.25, 0.3) is 0 Å². The summed E-state index contributed by atoms with van der Waals surface area (Å²) in [6, 6.07) is 1.79. The first-order valence-electron chi connectivity index (χ1n) is 6.05. The van der Waals surface area contributed by atoms with Crippen LogP contribution >= 0.6 is 11.8 Å². The summed E-state index contributed by atoms with van der Waals surface area (Å²) in [5.74, 6) is 2.51. The van der Waals surface area contributed by atoms with E-state index < -0.39 is 0 Å². The van der Waals surface area contributed by atoms with Crippen molar-refractivity contribution in [3.05, 3.63) is 12.3 Å². The molecular formula is C12H21N3OS. The molecule has 1 aromatic heterocycles. The third-order valence-electron chi connectivity index (χ3n) is 2.14. The van der Waals surface area contributed by atoms with E-state index in [1.54, 1.807) is 12.3 Å². The van der Waals surface area contributed by atoms with Crippen LogP contribution in [-0.4, -0.2) is 35.1 Å². The van der Waals surface area contributed by atoms with Crippen LogP contribution < -0.4 is 10.1 Å². The molecule has 4 nitrogen and oxygen atoms in total. The number of nitrogens with zero attached hydrogens (tertiary/aromatic N) is 2. The minimum Gasteiger partial charge on any atom is -0.478 e. The first kappa shape index (κ1) is 14.1. The lowest BCUT2D eigenvalue weighted by Gasteiger charge is -2.06. The molecule has 0 unspecified atom stereocenters. The van der Waals surface area contributed by atoms with Crippen LogP contribution in [-0.2, 0) is 0 Å². The van der Waals surface area contributed by atoms with Crippen molar-refractivity contribution in [2.24, 2.45) is 0 Å². The van der Waals surface area contributed by atoms with E-state index in [0.717, 1.165) is 19.4 Å². The summed E-state index contributed by atoms with van der Waals surface area (Å²) >= 11 is 1.88. The van der Waals surface area contributed by atoms with E-state index in [1.165, 1.54) is 12.2 Å². The van der Waals surface area contributed by atoms with Gasteiger partial charge in [-0.1, -0.05) is 6.92 Å². The monoisotopic (exact) mass is 255 g/mol. The van der Waals surface area contributed by atoms with Crippen molar-refractivity contribution in [1.29, 1.82) is 0 Å². The average molecular weight is 255 g/mol. The molecule has 1 rings (SSSR count). The Morgan fingerprint density at radius 2 is 2.29 bits per heavy atom. The summed E-state index contributed by atoms with van der Waals surface area (Å²) in [5, 5.41) is 3.21. The molecular weight excluding hydrogens is 234 g/mol. The molecule has 0 saturated heterocycles. The summed E-state index contributed by atoms with van der Waals surface area (Å²) in [7, 11) is 0. The smallest absolute Gasteiger partial charge is 0.225 e. The van der Waals surface area contributed by atoms with Crippen molar-refractivity contribution in [3.8, 4) is 5.88 Å². The minimum absolute atomic E-state index is 0.647. The van der Waals surface area contributed by atoms with Crippen molar-refractivity contribution < 1.29 is 4.74 Å². The van der Waals surface area contributed by atoms with Crippen molar-refractivity contribution in [1.82, 2.24) is 9.97 Å². The predicted molar refractivity (Wildman–Crippen MR) is 73.9 cm³/mol. The number of rotatable bonds is 9. The zero-order valence-corrected chi connectivity index (χ0v) is 11.4. The Balaban J connectivity index is 2.27. The first-order valence-corrected chi connectivity index (χ1v) is 7.45. The van der Waals surface area contributed by atoms with Gasteiger partial charge in [-0.25, -0.2) is 4.98 Å². The van der Waals surface area contributed by atoms with Gasteiger partial charge in [-0.05, 0) is 31.3 Å². The predicted octanol–water partition coefficient (Wildman–Crippen LogP) is 2.82. The topological polar surface area (TPSA) is 47.0 Å². The standard InChI is InChI=1S/C12H21N3OS/c1-3-9-16-11-6-8-14-12(15-11)13-7-4-5-10-17-2/h6,8H,3-5,7,9-10H2,1-2H3,(H,13,14,15). The van der Waals surface area contributed by atoms with E-state index >= 15 is 0 Å². The molecule has 0 atom stereocenters. The fraction of sp³-hybridized carbons (Fsp3) is 0.667.